The number of piperidine rings is 1. The van der Waals surface area contributed by atoms with Crippen LogP contribution in [0.4, 0.5) is 0 Å². The topological polar surface area (TPSA) is 78.6 Å². The van der Waals surface area contributed by atoms with Gasteiger partial charge in [-0.3, -0.25) is 9.48 Å². The molecule has 1 fully saturated rings. The second-order valence-electron chi connectivity index (χ2n) is 6.27. The molecule has 0 unspecified atom stereocenters. The van der Waals surface area contributed by atoms with Crippen molar-refractivity contribution in [3.05, 3.63) is 47.3 Å². The van der Waals surface area contributed by atoms with Gasteiger partial charge in [-0.05, 0) is 43.5 Å². The number of aromatic nitrogens is 2. The summed E-state index contributed by atoms with van der Waals surface area (Å²) < 4.78 is 1.85. The zero-order valence-corrected chi connectivity index (χ0v) is 13.9. The molecular weight excluding hydrogens is 306 g/mol. The molecule has 2 N–H and O–H groups in total. The van der Waals surface area contributed by atoms with Gasteiger partial charge in [-0.2, -0.15) is 5.10 Å². The number of benzene rings is 1. The molecule has 1 aromatic carbocycles. The SMILES string of the molecule is Cc1ccc(C(=O)N2CCC(c3ccnn3CCO)CC2)cc1O. The monoisotopic (exact) mass is 329 g/mol. The summed E-state index contributed by atoms with van der Waals surface area (Å²) in [7, 11) is 0. The highest BCUT2D eigenvalue weighted by Gasteiger charge is 2.26. The van der Waals surface area contributed by atoms with Crippen molar-refractivity contribution in [3.8, 4) is 5.75 Å². The van der Waals surface area contributed by atoms with Gasteiger partial charge in [0.05, 0.1) is 13.2 Å². The van der Waals surface area contributed by atoms with Crippen LogP contribution < -0.4 is 0 Å². The summed E-state index contributed by atoms with van der Waals surface area (Å²) in [5.41, 5.74) is 2.42. The van der Waals surface area contributed by atoms with E-state index >= 15 is 0 Å². The van der Waals surface area contributed by atoms with E-state index in [1.165, 1.54) is 0 Å². The highest BCUT2D eigenvalue weighted by Crippen LogP contribution is 2.29. The van der Waals surface area contributed by atoms with Crippen LogP contribution in [0.3, 0.4) is 0 Å². The van der Waals surface area contributed by atoms with Crippen molar-refractivity contribution in [2.45, 2.75) is 32.2 Å². The largest absolute Gasteiger partial charge is 0.508 e. The van der Waals surface area contributed by atoms with Gasteiger partial charge >= 0.3 is 0 Å². The molecule has 1 aliphatic rings. The average Bonchev–Trinajstić information content (AvgIpc) is 3.05. The van der Waals surface area contributed by atoms with Crippen molar-refractivity contribution < 1.29 is 15.0 Å². The summed E-state index contributed by atoms with van der Waals surface area (Å²) in [6, 6.07) is 7.07. The summed E-state index contributed by atoms with van der Waals surface area (Å²) in [5, 5.41) is 23.2. The quantitative estimate of drug-likeness (QED) is 0.898. The first-order chi connectivity index (χ1) is 11.6. The molecule has 0 saturated carbocycles. The molecule has 3 rings (SSSR count). The van der Waals surface area contributed by atoms with Gasteiger partial charge in [-0.1, -0.05) is 6.07 Å². The summed E-state index contributed by atoms with van der Waals surface area (Å²) >= 11 is 0. The Morgan fingerprint density at radius 1 is 1.29 bits per heavy atom. The molecule has 0 aliphatic carbocycles. The minimum atomic E-state index is -0.0346. The highest BCUT2D eigenvalue weighted by atomic mass is 16.3. The van der Waals surface area contributed by atoms with Crippen LogP contribution in [0.25, 0.3) is 0 Å². The van der Waals surface area contributed by atoms with Crippen LogP contribution in [0.15, 0.2) is 30.5 Å². The number of aromatic hydroxyl groups is 1. The number of likely N-dealkylation sites (tertiary alicyclic amines) is 1. The van der Waals surface area contributed by atoms with Crippen LogP contribution >= 0.6 is 0 Å². The van der Waals surface area contributed by atoms with E-state index in [0.29, 0.717) is 31.1 Å². The van der Waals surface area contributed by atoms with Gasteiger partial charge in [0, 0.05) is 36.5 Å². The van der Waals surface area contributed by atoms with E-state index in [4.69, 9.17) is 5.11 Å². The average molecular weight is 329 g/mol. The van der Waals surface area contributed by atoms with Crippen LogP contribution in [0, 0.1) is 6.92 Å². The fourth-order valence-electron chi connectivity index (χ4n) is 3.27. The number of carbonyl (C=O) groups is 1. The molecule has 1 saturated heterocycles. The number of nitrogens with zero attached hydrogens (tertiary/aromatic N) is 3. The smallest absolute Gasteiger partial charge is 0.253 e. The number of phenols is 1. The van der Waals surface area contributed by atoms with Gasteiger partial charge in [0.15, 0.2) is 0 Å². The molecule has 24 heavy (non-hydrogen) atoms. The Labute approximate surface area is 141 Å². The molecule has 128 valence electrons. The Morgan fingerprint density at radius 2 is 2.04 bits per heavy atom. The fourth-order valence-corrected chi connectivity index (χ4v) is 3.27. The number of carbonyl (C=O) groups excluding carboxylic acids is 1. The molecule has 0 radical (unpaired) electrons. The third-order valence-corrected chi connectivity index (χ3v) is 4.72. The van der Waals surface area contributed by atoms with E-state index in [1.807, 2.05) is 22.6 Å². The normalized spacial score (nSPS) is 15.7. The maximum absolute atomic E-state index is 12.6. The standard InChI is InChI=1S/C18H23N3O3/c1-13-2-3-15(12-17(13)23)18(24)20-8-5-14(6-9-20)16-4-7-19-21(16)10-11-22/h2-4,7,12,14,22-23H,5-6,8-11H2,1H3. The molecule has 2 heterocycles. The molecule has 6 nitrogen and oxygen atoms in total. The van der Waals surface area contributed by atoms with E-state index < -0.39 is 0 Å². The molecule has 0 bridgehead atoms. The Bertz CT molecular complexity index is 718. The fraction of sp³-hybridized carbons (Fsp3) is 0.444. The zero-order chi connectivity index (χ0) is 17.1. The Hall–Kier alpha value is -2.34. The second-order valence-corrected chi connectivity index (χ2v) is 6.27. The van der Waals surface area contributed by atoms with Gasteiger partial charge in [0.25, 0.3) is 5.91 Å². The molecule has 2 aromatic rings. The number of aliphatic hydroxyl groups is 1. The lowest BCUT2D eigenvalue weighted by Crippen LogP contribution is -2.38. The summed E-state index contributed by atoms with van der Waals surface area (Å²) in [6.45, 7) is 3.75. The number of aryl methyl sites for hydroxylation is 1. The van der Waals surface area contributed by atoms with Crippen molar-refractivity contribution in [1.29, 1.82) is 0 Å². The van der Waals surface area contributed by atoms with Crippen LogP contribution in [-0.2, 0) is 6.54 Å². The van der Waals surface area contributed by atoms with Gasteiger partial charge in [0.1, 0.15) is 5.75 Å². The van der Waals surface area contributed by atoms with Crippen molar-refractivity contribution in [1.82, 2.24) is 14.7 Å². The van der Waals surface area contributed by atoms with E-state index in [-0.39, 0.29) is 18.3 Å². The van der Waals surface area contributed by atoms with E-state index in [0.717, 1.165) is 24.1 Å². The first kappa shape index (κ1) is 16.5. The maximum atomic E-state index is 12.6. The van der Waals surface area contributed by atoms with Gasteiger partial charge in [0.2, 0.25) is 0 Å². The maximum Gasteiger partial charge on any atom is 0.253 e. The first-order valence-electron chi connectivity index (χ1n) is 8.31. The van der Waals surface area contributed by atoms with Gasteiger partial charge < -0.3 is 15.1 Å². The Balaban J connectivity index is 1.65. The molecular formula is C18H23N3O3. The van der Waals surface area contributed by atoms with Gasteiger partial charge in [-0.15, -0.1) is 0 Å². The van der Waals surface area contributed by atoms with Crippen molar-refractivity contribution in [2.24, 2.45) is 0 Å². The summed E-state index contributed by atoms with van der Waals surface area (Å²) in [5.74, 6) is 0.478. The number of phenolic OH excluding ortho intramolecular Hbond substituents is 1. The van der Waals surface area contributed by atoms with E-state index in [2.05, 4.69) is 5.10 Å². The zero-order valence-electron chi connectivity index (χ0n) is 13.9. The number of hydrogen-bond donors (Lipinski definition) is 2. The predicted octanol–water partition coefficient (Wildman–Crippen LogP) is 1.91. The number of rotatable bonds is 4. The number of hydrogen-bond acceptors (Lipinski definition) is 4. The Morgan fingerprint density at radius 3 is 2.71 bits per heavy atom. The van der Waals surface area contributed by atoms with Crippen LogP contribution in [0.1, 0.15) is 40.4 Å². The predicted molar refractivity (Wildman–Crippen MR) is 90.0 cm³/mol. The lowest BCUT2D eigenvalue weighted by atomic mass is 9.93. The van der Waals surface area contributed by atoms with Crippen molar-refractivity contribution in [2.75, 3.05) is 19.7 Å². The Kier molecular flexibility index (Phi) is 4.85. The van der Waals surface area contributed by atoms with E-state index in [9.17, 15) is 9.90 Å². The van der Waals surface area contributed by atoms with Crippen LogP contribution in [-0.4, -0.2) is 50.5 Å². The van der Waals surface area contributed by atoms with Crippen LogP contribution in [0.5, 0.6) is 5.75 Å². The van der Waals surface area contributed by atoms with Crippen molar-refractivity contribution in [3.63, 3.8) is 0 Å². The lowest BCUT2D eigenvalue weighted by Gasteiger charge is -2.32. The molecule has 1 aromatic heterocycles. The number of aliphatic hydroxyl groups excluding tert-OH is 1. The molecule has 1 amide bonds. The molecule has 1 aliphatic heterocycles. The summed E-state index contributed by atoms with van der Waals surface area (Å²) in [6.07, 6.45) is 3.51. The third kappa shape index (κ3) is 3.28. The minimum Gasteiger partial charge on any atom is -0.508 e. The minimum absolute atomic E-state index is 0.0346. The van der Waals surface area contributed by atoms with E-state index in [1.54, 1.807) is 24.4 Å². The molecule has 0 atom stereocenters. The molecule has 0 spiro atoms. The first-order valence-corrected chi connectivity index (χ1v) is 8.31. The van der Waals surface area contributed by atoms with Crippen LogP contribution in [0.2, 0.25) is 0 Å². The molecule has 6 heteroatoms. The summed E-state index contributed by atoms with van der Waals surface area (Å²) in [4.78, 5) is 14.4. The second kappa shape index (κ2) is 7.05. The highest BCUT2D eigenvalue weighted by molar-refractivity contribution is 5.94. The number of amides is 1. The van der Waals surface area contributed by atoms with Crippen molar-refractivity contribution >= 4 is 5.91 Å². The third-order valence-electron chi connectivity index (χ3n) is 4.72. The lowest BCUT2D eigenvalue weighted by molar-refractivity contribution is 0.0710. The van der Waals surface area contributed by atoms with Gasteiger partial charge in [-0.25, -0.2) is 0 Å².